The highest BCUT2D eigenvalue weighted by Gasteiger charge is 2.15. The topological polar surface area (TPSA) is 102 Å². The van der Waals surface area contributed by atoms with E-state index in [9.17, 15) is 15.2 Å². The van der Waals surface area contributed by atoms with E-state index >= 15 is 0 Å². The van der Waals surface area contributed by atoms with Gasteiger partial charge in [0.25, 0.3) is 5.91 Å². The van der Waals surface area contributed by atoms with Crippen LogP contribution in [-0.4, -0.2) is 11.0 Å². The van der Waals surface area contributed by atoms with Crippen molar-refractivity contribution < 1.29 is 9.90 Å². The number of nitrogen functional groups attached to an aromatic ring is 1. The molecule has 0 heterocycles. The number of nitriles is 1. The van der Waals surface area contributed by atoms with Crippen molar-refractivity contribution in [3.63, 3.8) is 0 Å². The Kier molecular flexibility index (Phi) is 5.81. The molecule has 0 unspecified atom stereocenters. The normalized spacial score (nSPS) is 10.8. The van der Waals surface area contributed by atoms with Crippen molar-refractivity contribution in [1.82, 2.24) is 0 Å². The van der Waals surface area contributed by atoms with Crippen LogP contribution in [0.15, 0.2) is 84.6 Å². The molecule has 0 aliphatic heterocycles. The molecule has 6 nitrogen and oxygen atoms in total. The van der Waals surface area contributed by atoms with Crippen molar-refractivity contribution in [3.8, 4) is 11.8 Å². The first-order valence-electron chi connectivity index (χ1n) is 8.90. The molecule has 3 aromatic carbocycles. The Labute approximate surface area is 169 Å². The number of benzene rings is 3. The zero-order valence-electron chi connectivity index (χ0n) is 15.8. The summed E-state index contributed by atoms with van der Waals surface area (Å²) in [7, 11) is 0. The highest BCUT2D eigenvalue weighted by Crippen LogP contribution is 2.27. The highest BCUT2D eigenvalue weighted by molar-refractivity contribution is 6.07. The summed E-state index contributed by atoms with van der Waals surface area (Å²) in [6.07, 6.45) is 1.49. The number of amides is 1. The first kappa shape index (κ1) is 19.5. The maximum absolute atomic E-state index is 12.7. The summed E-state index contributed by atoms with van der Waals surface area (Å²) < 4.78 is 0. The third kappa shape index (κ3) is 4.73. The minimum absolute atomic E-state index is 0.0712. The quantitative estimate of drug-likeness (QED) is 0.261. The molecular formula is C23H20N4O2. The lowest BCUT2D eigenvalue weighted by Gasteiger charge is -2.21. The molecule has 0 radical (unpaired) electrons. The number of aromatic hydroxyl groups is 1. The van der Waals surface area contributed by atoms with Crippen LogP contribution in [0.3, 0.4) is 0 Å². The number of carbonyl (C=O) groups excluding carboxylic acids is 1. The van der Waals surface area contributed by atoms with Gasteiger partial charge in [-0.05, 0) is 67.1 Å². The largest absolute Gasteiger partial charge is 0.508 e. The molecule has 3 rings (SSSR count). The summed E-state index contributed by atoms with van der Waals surface area (Å²) >= 11 is 0. The van der Waals surface area contributed by atoms with E-state index in [1.165, 1.54) is 18.3 Å². The minimum Gasteiger partial charge on any atom is -0.508 e. The third-order valence-corrected chi connectivity index (χ3v) is 4.29. The average Bonchev–Trinajstić information content (AvgIpc) is 2.72. The molecular weight excluding hydrogens is 364 g/mol. The molecule has 0 bridgehead atoms. The van der Waals surface area contributed by atoms with Crippen LogP contribution in [-0.2, 0) is 4.79 Å². The number of para-hydroxylation sites is 1. The van der Waals surface area contributed by atoms with Gasteiger partial charge in [0, 0.05) is 28.9 Å². The van der Waals surface area contributed by atoms with Gasteiger partial charge in [0.15, 0.2) is 0 Å². The number of rotatable bonds is 5. The number of aryl methyl sites for hydroxylation is 1. The molecule has 0 aliphatic carbocycles. The fourth-order valence-electron chi connectivity index (χ4n) is 2.77. The van der Waals surface area contributed by atoms with Crippen LogP contribution in [0, 0.1) is 18.3 Å². The lowest BCUT2D eigenvalue weighted by atomic mass is 10.1. The number of phenols is 1. The second kappa shape index (κ2) is 8.63. The highest BCUT2D eigenvalue weighted by atomic mass is 16.3. The van der Waals surface area contributed by atoms with E-state index in [1.54, 1.807) is 30.0 Å². The molecule has 0 atom stereocenters. The Morgan fingerprint density at radius 3 is 2.34 bits per heavy atom. The van der Waals surface area contributed by atoms with Gasteiger partial charge in [-0.15, -0.1) is 0 Å². The molecule has 0 aliphatic rings. The Bertz CT molecular complexity index is 1080. The number of phenolic OH excluding ortho intramolecular Hbond substituents is 1. The summed E-state index contributed by atoms with van der Waals surface area (Å²) in [4.78, 5) is 14.5. The summed E-state index contributed by atoms with van der Waals surface area (Å²) in [5.74, 6) is -0.437. The lowest BCUT2D eigenvalue weighted by Crippen LogP contribution is -2.18. The van der Waals surface area contributed by atoms with Gasteiger partial charge < -0.3 is 21.1 Å². The van der Waals surface area contributed by atoms with Crippen molar-refractivity contribution in [3.05, 3.63) is 90.1 Å². The van der Waals surface area contributed by atoms with Gasteiger partial charge in [-0.3, -0.25) is 4.79 Å². The molecule has 3 aromatic rings. The second-order valence-electron chi connectivity index (χ2n) is 6.41. The van der Waals surface area contributed by atoms with Gasteiger partial charge in [0.1, 0.15) is 17.4 Å². The molecule has 1 amide bonds. The van der Waals surface area contributed by atoms with Crippen LogP contribution in [0.5, 0.6) is 5.75 Å². The Balaban J connectivity index is 1.96. The zero-order chi connectivity index (χ0) is 20.8. The predicted molar refractivity (Wildman–Crippen MR) is 115 cm³/mol. The summed E-state index contributed by atoms with van der Waals surface area (Å²) in [6.45, 7) is 1.76. The SMILES string of the molecule is Cc1cc(O)ccc1NC(=O)/C(C#N)=C\N(c1ccccc1)c1ccc(N)cc1. The van der Waals surface area contributed by atoms with Crippen LogP contribution in [0.4, 0.5) is 22.7 Å². The number of anilines is 4. The number of nitrogens with two attached hydrogens (primary N) is 1. The maximum atomic E-state index is 12.7. The predicted octanol–water partition coefficient (Wildman–Crippen LogP) is 4.47. The van der Waals surface area contributed by atoms with Crippen LogP contribution >= 0.6 is 0 Å². The fraction of sp³-hybridized carbons (Fsp3) is 0.0435. The molecule has 0 saturated carbocycles. The van der Waals surface area contributed by atoms with E-state index < -0.39 is 5.91 Å². The molecule has 6 heteroatoms. The molecule has 4 N–H and O–H groups in total. The number of carbonyl (C=O) groups is 1. The van der Waals surface area contributed by atoms with Gasteiger partial charge in [0.05, 0.1) is 0 Å². The Morgan fingerprint density at radius 2 is 1.72 bits per heavy atom. The average molecular weight is 384 g/mol. The minimum atomic E-state index is -0.544. The molecule has 0 saturated heterocycles. The molecule has 144 valence electrons. The van der Waals surface area contributed by atoms with Crippen LogP contribution in [0.1, 0.15) is 5.56 Å². The van der Waals surface area contributed by atoms with Gasteiger partial charge in [0.2, 0.25) is 0 Å². The lowest BCUT2D eigenvalue weighted by molar-refractivity contribution is -0.112. The molecule has 0 fully saturated rings. The molecule has 29 heavy (non-hydrogen) atoms. The van der Waals surface area contributed by atoms with Crippen LogP contribution < -0.4 is 16.0 Å². The van der Waals surface area contributed by atoms with E-state index in [4.69, 9.17) is 5.73 Å². The monoisotopic (exact) mass is 384 g/mol. The van der Waals surface area contributed by atoms with Gasteiger partial charge in [-0.1, -0.05) is 18.2 Å². The Hall–Kier alpha value is -4.24. The van der Waals surface area contributed by atoms with E-state index in [0.29, 0.717) is 16.9 Å². The number of hydrogen-bond acceptors (Lipinski definition) is 5. The number of nitrogens with zero attached hydrogens (tertiary/aromatic N) is 2. The third-order valence-electron chi connectivity index (χ3n) is 4.29. The van der Waals surface area contributed by atoms with Crippen LogP contribution in [0.2, 0.25) is 0 Å². The second-order valence-corrected chi connectivity index (χ2v) is 6.41. The fourth-order valence-corrected chi connectivity index (χ4v) is 2.77. The van der Waals surface area contributed by atoms with Crippen molar-refractivity contribution >= 4 is 28.7 Å². The first-order valence-corrected chi connectivity index (χ1v) is 8.90. The van der Waals surface area contributed by atoms with Crippen molar-refractivity contribution in [2.45, 2.75) is 6.92 Å². The van der Waals surface area contributed by atoms with Gasteiger partial charge >= 0.3 is 0 Å². The van der Waals surface area contributed by atoms with E-state index in [-0.39, 0.29) is 11.3 Å². The number of nitrogens with one attached hydrogen (secondary N) is 1. The Morgan fingerprint density at radius 1 is 1.07 bits per heavy atom. The molecule has 0 spiro atoms. The molecule has 0 aromatic heterocycles. The van der Waals surface area contributed by atoms with Gasteiger partial charge in [-0.2, -0.15) is 5.26 Å². The first-order chi connectivity index (χ1) is 14.0. The van der Waals surface area contributed by atoms with E-state index in [2.05, 4.69) is 5.32 Å². The van der Waals surface area contributed by atoms with E-state index in [1.807, 2.05) is 48.5 Å². The van der Waals surface area contributed by atoms with Crippen molar-refractivity contribution in [2.24, 2.45) is 0 Å². The standard InChI is InChI=1S/C23H20N4O2/c1-16-13-21(28)11-12-22(16)26-23(29)17(14-24)15-27(19-5-3-2-4-6-19)20-9-7-18(25)8-10-20/h2-13,15,28H,25H2,1H3,(H,26,29)/b17-15-. The van der Waals surface area contributed by atoms with E-state index in [0.717, 1.165) is 11.4 Å². The van der Waals surface area contributed by atoms with Gasteiger partial charge in [-0.25, -0.2) is 0 Å². The summed E-state index contributed by atoms with van der Waals surface area (Å²) in [5.41, 5.74) is 9.09. The van der Waals surface area contributed by atoms with Crippen molar-refractivity contribution in [2.75, 3.05) is 16.0 Å². The summed E-state index contributed by atoms with van der Waals surface area (Å²) in [6, 6.07) is 23.1. The smallest absolute Gasteiger partial charge is 0.267 e. The summed E-state index contributed by atoms with van der Waals surface area (Å²) in [5, 5.41) is 21.9. The maximum Gasteiger partial charge on any atom is 0.267 e. The van der Waals surface area contributed by atoms with Crippen LogP contribution in [0.25, 0.3) is 0 Å². The zero-order valence-corrected chi connectivity index (χ0v) is 15.8. The van der Waals surface area contributed by atoms with Crippen molar-refractivity contribution in [1.29, 1.82) is 5.26 Å². The number of hydrogen-bond donors (Lipinski definition) is 3.